The predicted octanol–water partition coefficient (Wildman–Crippen LogP) is 2.73. The van der Waals surface area contributed by atoms with Crippen molar-refractivity contribution in [1.29, 1.82) is 0 Å². The van der Waals surface area contributed by atoms with Gasteiger partial charge in [-0.25, -0.2) is 8.42 Å². The first kappa shape index (κ1) is 16.2. The summed E-state index contributed by atoms with van der Waals surface area (Å²) in [5.74, 6) is -0.0680. The summed E-state index contributed by atoms with van der Waals surface area (Å²) in [6.45, 7) is 0. The second kappa shape index (κ2) is 6.57. The van der Waals surface area contributed by atoms with E-state index >= 15 is 0 Å². The molecule has 0 fully saturated rings. The summed E-state index contributed by atoms with van der Waals surface area (Å²) < 4.78 is 28.8. The molecule has 7 nitrogen and oxygen atoms in total. The third-order valence-electron chi connectivity index (χ3n) is 3.82. The second-order valence-electron chi connectivity index (χ2n) is 5.78. The molecule has 0 bridgehead atoms. The van der Waals surface area contributed by atoms with Gasteiger partial charge < -0.3 is 0 Å². The van der Waals surface area contributed by atoms with E-state index in [0.29, 0.717) is 11.3 Å². The Morgan fingerprint density at radius 1 is 0.923 bits per heavy atom. The Morgan fingerprint density at radius 3 is 2.46 bits per heavy atom. The minimum atomic E-state index is -3.47. The maximum atomic E-state index is 12.3. The van der Waals surface area contributed by atoms with Crippen molar-refractivity contribution in [3.63, 3.8) is 0 Å². The zero-order valence-electron chi connectivity index (χ0n) is 13.6. The van der Waals surface area contributed by atoms with Crippen LogP contribution in [0.15, 0.2) is 73.1 Å². The number of nitrogens with zero attached hydrogens (tertiary/aromatic N) is 4. The highest BCUT2D eigenvalue weighted by molar-refractivity contribution is 7.91. The van der Waals surface area contributed by atoms with Crippen molar-refractivity contribution in [3.8, 4) is 11.3 Å². The molecule has 0 spiro atoms. The zero-order chi connectivity index (χ0) is 18.0. The molecule has 0 aliphatic rings. The van der Waals surface area contributed by atoms with Crippen LogP contribution in [0.4, 0.5) is 5.69 Å². The largest absolute Gasteiger partial charge is 0.283 e. The predicted molar refractivity (Wildman–Crippen MR) is 98.9 cm³/mol. The average molecular weight is 365 g/mol. The molecular weight excluding hydrogens is 350 g/mol. The van der Waals surface area contributed by atoms with Crippen molar-refractivity contribution < 1.29 is 8.42 Å². The number of hydrogen-bond acceptors (Lipinski definition) is 5. The number of hydrogen-bond donors (Lipinski definition) is 1. The first-order chi connectivity index (χ1) is 12.6. The van der Waals surface area contributed by atoms with Crippen LogP contribution in [0.2, 0.25) is 0 Å². The molecule has 0 aliphatic carbocycles. The summed E-state index contributed by atoms with van der Waals surface area (Å²) in [7, 11) is -3.47. The molecule has 0 amide bonds. The average Bonchev–Trinajstić information content (AvgIpc) is 3.10. The maximum Gasteiger partial charge on any atom is 0.236 e. The molecule has 26 heavy (non-hydrogen) atoms. The number of fused-ring (bicyclic) bond motifs is 1. The first-order valence-corrected chi connectivity index (χ1v) is 9.56. The van der Waals surface area contributed by atoms with Crippen LogP contribution in [0.1, 0.15) is 5.56 Å². The summed E-state index contributed by atoms with van der Waals surface area (Å²) in [6, 6.07) is 19.8. The number of rotatable bonds is 5. The Bertz CT molecular complexity index is 1140. The standard InChI is InChI=1S/C18H15N5O2S/c24-26(25,12-14-4-2-1-3-5-14)22-16-8-6-15(7-9-16)17-10-11-18-20-19-13-23(18)21-17/h1-11,13,22H,12H2. The number of sulfonamides is 1. The zero-order valence-corrected chi connectivity index (χ0v) is 14.5. The van der Waals surface area contributed by atoms with Crippen molar-refractivity contribution in [3.05, 3.63) is 78.6 Å². The minimum absolute atomic E-state index is 0.0680. The fourth-order valence-electron chi connectivity index (χ4n) is 2.60. The van der Waals surface area contributed by atoms with Gasteiger partial charge >= 0.3 is 0 Å². The molecule has 4 rings (SSSR count). The first-order valence-electron chi connectivity index (χ1n) is 7.91. The van der Waals surface area contributed by atoms with Crippen molar-refractivity contribution in [2.75, 3.05) is 4.72 Å². The van der Waals surface area contributed by atoms with E-state index in [4.69, 9.17) is 0 Å². The molecule has 2 aromatic heterocycles. The third kappa shape index (κ3) is 3.55. The van der Waals surface area contributed by atoms with E-state index in [0.717, 1.165) is 16.8 Å². The van der Waals surface area contributed by atoms with Gasteiger partial charge in [-0.1, -0.05) is 42.5 Å². The highest BCUT2D eigenvalue weighted by atomic mass is 32.2. The quantitative estimate of drug-likeness (QED) is 0.587. The van der Waals surface area contributed by atoms with Gasteiger partial charge in [-0.15, -0.1) is 10.2 Å². The van der Waals surface area contributed by atoms with Gasteiger partial charge in [0.2, 0.25) is 10.0 Å². The monoisotopic (exact) mass is 365 g/mol. The molecule has 0 atom stereocenters. The molecule has 2 heterocycles. The Balaban J connectivity index is 1.52. The lowest BCUT2D eigenvalue weighted by Gasteiger charge is -2.09. The minimum Gasteiger partial charge on any atom is -0.283 e. The van der Waals surface area contributed by atoms with E-state index in [2.05, 4.69) is 20.0 Å². The van der Waals surface area contributed by atoms with E-state index in [1.54, 1.807) is 28.8 Å². The molecule has 0 saturated heterocycles. The Hall–Kier alpha value is -3.26. The topological polar surface area (TPSA) is 89.2 Å². The lowest BCUT2D eigenvalue weighted by molar-refractivity contribution is 0.600. The molecule has 1 N–H and O–H groups in total. The summed E-state index contributed by atoms with van der Waals surface area (Å²) in [5, 5.41) is 12.1. The van der Waals surface area contributed by atoms with Gasteiger partial charge in [0.25, 0.3) is 0 Å². The van der Waals surface area contributed by atoms with Crippen LogP contribution in [-0.4, -0.2) is 28.2 Å². The number of anilines is 1. The van der Waals surface area contributed by atoms with Gasteiger partial charge in [-0.05, 0) is 29.8 Å². The highest BCUT2D eigenvalue weighted by Crippen LogP contribution is 2.21. The molecule has 8 heteroatoms. The smallest absolute Gasteiger partial charge is 0.236 e. The number of nitrogens with one attached hydrogen (secondary N) is 1. The Labute approximate surface area is 150 Å². The van der Waals surface area contributed by atoms with Crippen molar-refractivity contribution in [2.24, 2.45) is 0 Å². The van der Waals surface area contributed by atoms with Crippen molar-refractivity contribution >= 4 is 21.4 Å². The van der Waals surface area contributed by atoms with E-state index in [1.165, 1.54) is 6.33 Å². The van der Waals surface area contributed by atoms with Crippen LogP contribution in [0.3, 0.4) is 0 Å². The van der Waals surface area contributed by atoms with Crippen LogP contribution in [-0.2, 0) is 15.8 Å². The molecule has 0 saturated carbocycles. The molecule has 0 radical (unpaired) electrons. The Morgan fingerprint density at radius 2 is 1.69 bits per heavy atom. The van der Waals surface area contributed by atoms with Crippen LogP contribution in [0.25, 0.3) is 16.9 Å². The maximum absolute atomic E-state index is 12.3. The normalized spacial score (nSPS) is 11.5. The molecule has 2 aromatic carbocycles. The van der Waals surface area contributed by atoms with Crippen LogP contribution < -0.4 is 4.72 Å². The van der Waals surface area contributed by atoms with E-state index in [-0.39, 0.29) is 5.75 Å². The van der Waals surface area contributed by atoms with Crippen LogP contribution in [0.5, 0.6) is 0 Å². The number of aromatic nitrogens is 4. The third-order valence-corrected chi connectivity index (χ3v) is 5.08. The summed E-state index contributed by atoms with van der Waals surface area (Å²) in [6.07, 6.45) is 1.53. The summed E-state index contributed by atoms with van der Waals surface area (Å²) >= 11 is 0. The second-order valence-corrected chi connectivity index (χ2v) is 7.50. The molecule has 4 aromatic rings. The lowest BCUT2D eigenvalue weighted by Crippen LogP contribution is -2.14. The van der Waals surface area contributed by atoms with Gasteiger partial charge in [0.1, 0.15) is 6.33 Å². The van der Waals surface area contributed by atoms with Gasteiger partial charge in [-0.3, -0.25) is 4.72 Å². The van der Waals surface area contributed by atoms with E-state index in [9.17, 15) is 8.42 Å². The SMILES string of the molecule is O=S(=O)(Cc1ccccc1)Nc1ccc(-c2ccc3nncn3n2)cc1. The van der Waals surface area contributed by atoms with Gasteiger partial charge in [0, 0.05) is 11.3 Å². The fourth-order valence-corrected chi connectivity index (χ4v) is 3.80. The fraction of sp³-hybridized carbons (Fsp3) is 0.0556. The van der Waals surface area contributed by atoms with Crippen LogP contribution >= 0.6 is 0 Å². The molecule has 0 unspecified atom stereocenters. The van der Waals surface area contributed by atoms with Gasteiger partial charge in [0.15, 0.2) is 5.65 Å². The van der Waals surface area contributed by atoms with Crippen LogP contribution in [0, 0.1) is 0 Å². The van der Waals surface area contributed by atoms with E-state index in [1.807, 2.05) is 42.5 Å². The molecule has 0 aliphatic heterocycles. The highest BCUT2D eigenvalue weighted by Gasteiger charge is 2.12. The van der Waals surface area contributed by atoms with Gasteiger partial charge in [-0.2, -0.15) is 9.61 Å². The number of benzene rings is 2. The summed E-state index contributed by atoms with van der Waals surface area (Å²) in [5.41, 5.74) is 3.53. The molecular formula is C18H15N5O2S. The van der Waals surface area contributed by atoms with Crippen molar-refractivity contribution in [1.82, 2.24) is 19.8 Å². The van der Waals surface area contributed by atoms with Gasteiger partial charge in [0.05, 0.1) is 11.4 Å². The Kier molecular flexibility index (Phi) is 4.10. The lowest BCUT2D eigenvalue weighted by atomic mass is 10.1. The van der Waals surface area contributed by atoms with E-state index < -0.39 is 10.0 Å². The van der Waals surface area contributed by atoms with Crippen molar-refractivity contribution in [2.45, 2.75) is 5.75 Å². The summed E-state index contributed by atoms with van der Waals surface area (Å²) in [4.78, 5) is 0. The molecule has 130 valence electrons.